The molecule has 12 heteroatoms. The van der Waals surface area contributed by atoms with Crippen LogP contribution in [0.2, 0.25) is 0 Å². The predicted molar refractivity (Wildman–Crippen MR) is 78.4 cm³/mol. The van der Waals surface area contributed by atoms with E-state index in [2.05, 4.69) is 11.3 Å². The molecule has 26 heavy (non-hydrogen) atoms. The van der Waals surface area contributed by atoms with Crippen LogP contribution in [0.4, 0.5) is 27.6 Å². The quantitative estimate of drug-likeness (QED) is 0.297. The fourth-order valence-electron chi connectivity index (χ4n) is 1.98. The number of alkyl halides is 5. The third-order valence-electron chi connectivity index (χ3n) is 2.93. The molecular weight excluding hydrogens is 371 g/mol. The number of hydrogen-bond donors (Lipinski definition) is 0. The number of methoxy groups -OCH3 is 1. The highest BCUT2D eigenvalue weighted by atomic mass is 19.4. The summed E-state index contributed by atoms with van der Waals surface area (Å²) >= 11 is 0. The molecule has 7 nitrogen and oxygen atoms in total. The summed E-state index contributed by atoms with van der Waals surface area (Å²) < 4.78 is 71.4. The zero-order valence-electron chi connectivity index (χ0n) is 13.3. The molecule has 0 aliphatic heterocycles. The molecule has 0 fully saturated rings. The number of carbonyl (C=O) groups excluding carboxylic acids is 1. The van der Waals surface area contributed by atoms with Gasteiger partial charge in [0.1, 0.15) is 12.1 Å². The Morgan fingerprint density at radius 3 is 2.42 bits per heavy atom. The van der Waals surface area contributed by atoms with Crippen LogP contribution in [0.15, 0.2) is 24.8 Å². The first kappa shape index (κ1) is 21.1. The molecule has 0 saturated carbocycles. The zero-order chi connectivity index (χ0) is 20.1. The van der Waals surface area contributed by atoms with Crippen LogP contribution in [0.5, 0.6) is 11.5 Å². The molecule has 0 aromatic heterocycles. The predicted octanol–water partition coefficient (Wildman–Crippen LogP) is 3.40. The van der Waals surface area contributed by atoms with Crippen molar-refractivity contribution >= 4 is 11.6 Å². The fraction of sp³-hybridized carbons (Fsp3) is 0.357. The van der Waals surface area contributed by atoms with Gasteiger partial charge in [0.2, 0.25) is 0 Å². The summed E-state index contributed by atoms with van der Waals surface area (Å²) in [6, 6.07) is 1.16. The molecule has 0 heterocycles. The Morgan fingerprint density at radius 2 is 2.00 bits per heavy atom. The lowest BCUT2D eigenvalue weighted by molar-refractivity contribution is -0.385. The molecule has 1 amide bonds. The number of nitrogens with zero attached hydrogens (tertiary/aromatic N) is 2. The van der Waals surface area contributed by atoms with Crippen molar-refractivity contribution in [2.45, 2.75) is 12.8 Å². The molecule has 0 N–H and O–H groups in total. The number of rotatable bonds is 8. The van der Waals surface area contributed by atoms with Crippen LogP contribution in [-0.2, 0) is 0 Å². The smallest absolute Gasteiger partial charge is 0.406 e. The van der Waals surface area contributed by atoms with E-state index in [9.17, 15) is 36.9 Å². The summed E-state index contributed by atoms with van der Waals surface area (Å²) in [6.45, 7) is -2.36. The number of hydrogen-bond acceptors (Lipinski definition) is 5. The van der Waals surface area contributed by atoms with Gasteiger partial charge in [-0.2, -0.15) is 22.0 Å². The molecule has 0 bridgehead atoms. The van der Waals surface area contributed by atoms with Gasteiger partial charge in [0.05, 0.1) is 18.1 Å². The average Bonchev–Trinajstić information content (AvgIpc) is 2.51. The molecule has 0 radical (unpaired) electrons. The van der Waals surface area contributed by atoms with Gasteiger partial charge in [-0.1, -0.05) is 6.08 Å². The molecular formula is C14H13F5N2O5. The van der Waals surface area contributed by atoms with Crippen LogP contribution in [-0.4, -0.2) is 48.7 Å². The summed E-state index contributed by atoms with van der Waals surface area (Å²) in [5.41, 5.74) is -1.79. The second-order valence-corrected chi connectivity index (χ2v) is 4.75. The Morgan fingerprint density at radius 1 is 1.38 bits per heavy atom. The summed E-state index contributed by atoms with van der Waals surface area (Å²) in [4.78, 5) is 22.7. The van der Waals surface area contributed by atoms with E-state index in [4.69, 9.17) is 4.74 Å². The second-order valence-electron chi connectivity index (χ2n) is 4.75. The van der Waals surface area contributed by atoms with Crippen LogP contribution in [0.25, 0.3) is 0 Å². The Hall–Kier alpha value is -2.92. The molecule has 0 aliphatic rings. The Bertz CT molecular complexity index is 693. The minimum atomic E-state index is -4.77. The molecule has 1 rings (SSSR count). The Balaban J connectivity index is 3.45. The van der Waals surface area contributed by atoms with Crippen molar-refractivity contribution < 1.29 is 41.1 Å². The molecule has 0 saturated heterocycles. The topological polar surface area (TPSA) is 81.9 Å². The number of carbonyl (C=O) groups is 1. The first-order chi connectivity index (χ1) is 12.0. The van der Waals surface area contributed by atoms with E-state index in [1.165, 1.54) is 0 Å². The number of halogens is 5. The number of nitro benzene ring substituents is 1. The minimum Gasteiger partial charge on any atom is -0.493 e. The van der Waals surface area contributed by atoms with Crippen molar-refractivity contribution in [3.05, 3.63) is 40.5 Å². The lowest BCUT2D eigenvalue weighted by Gasteiger charge is -2.23. The van der Waals surface area contributed by atoms with Crippen LogP contribution < -0.4 is 9.47 Å². The van der Waals surface area contributed by atoms with Crippen molar-refractivity contribution in [3.63, 3.8) is 0 Å². The highest BCUT2D eigenvalue weighted by Gasteiger charge is 2.35. The summed E-state index contributed by atoms with van der Waals surface area (Å²) in [6.07, 6.45) is -3.77. The SMILES string of the molecule is C=CCN(CC(F)(F)F)C(=O)c1cc(OC)c(OC(F)F)cc1[N+](=O)[O-]. The third kappa shape index (κ3) is 5.57. The maximum absolute atomic E-state index is 12.6. The zero-order valence-corrected chi connectivity index (χ0v) is 13.3. The van der Waals surface area contributed by atoms with E-state index in [0.717, 1.165) is 13.2 Å². The van der Waals surface area contributed by atoms with Gasteiger partial charge >= 0.3 is 12.8 Å². The maximum atomic E-state index is 12.6. The maximum Gasteiger partial charge on any atom is 0.406 e. The summed E-state index contributed by atoms with van der Waals surface area (Å²) in [5.74, 6) is -2.57. The van der Waals surface area contributed by atoms with E-state index in [1.54, 1.807) is 0 Å². The molecule has 0 aliphatic carbocycles. The average molecular weight is 384 g/mol. The van der Waals surface area contributed by atoms with E-state index in [0.29, 0.717) is 12.1 Å². The summed E-state index contributed by atoms with van der Waals surface area (Å²) in [7, 11) is 1.00. The van der Waals surface area contributed by atoms with Crippen molar-refractivity contribution in [1.82, 2.24) is 4.90 Å². The first-order valence-corrected chi connectivity index (χ1v) is 6.78. The van der Waals surface area contributed by atoms with Crippen LogP contribution in [0, 0.1) is 10.1 Å². The van der Waals surface area contributed by atoms with Crippen LogP contribution in [0.3, 0.4) is 0 Å². The highest BCUT2D eigenvalue weighted by molar-refractivity contribution is 5.99. The van der Waals surface area contributed by atoms with Gasteiger partial charge in [0.25, 0.3) is 11.6 Å². The van der Waals surface area contributed by atoms with E-state index < -0.39 is 59.5 Å². The lowest BCUT2D eigenvalue weighted by atomic mass is 10.1. The van der Waals surface area contributed by atoms with E-state index >= 15 is 0 Å². The van der Waals surface area contributed by atoms with Crippen LogP contribution >= 0.6 is 0 Å². The molecule has 1 aromatic carbocycles. The molecule has 144 valence electrons. The largest absolute Gasteiger partial charge is 0.493 e. The number of ether oxygens (including phenoxy) is 2. The highest BCUT2D eigenvalue weighted by Crippen LogP contribution is 2.36. The fourth-order valence-corrected chi connectivity index (χ4v) is 1.98. The van der Waals surface area contributed by atoms with Crippen LogP contribution in [0.1, 0.15) is 10.4 Å². The van der Waals surface area contributed by atoms with Gasteiger partial charge in [-0.05, 0) is 0 Å². The standard InChI is InChI=1S/C14H13F5N2O5/c1-3-4-20(7-14(17,18)19)12(22)8-5-10(25-2)11(26-13(15)16)6-9(8)21(23)24/h3,5-6,13H,1,4,7H2,2H3. The third-order valence-corrected chi connectivity index (χ3v) is 2.93. The lowest BCUT2D eigenvalue weighted by Crippen LogP contribution is -2.39. The molecule has 1 aromatic rings. The molecule has 0 spiro atoms. The van der Waals surface area contributed by atoms with E-state index in [1.807, 2.05) is 0 Å². The van der Waals surface area contributed by atoms with Gasteiger partial charge in [-0.25, -0.2) is 0 Å². The second kappa shape index (κ2) is 8.45. The Kier molecular flexibility index (Phi) is 6.86. The first-order valence-electron chi connectivity index (χ1n) is 6.78. The number of amides is 1. The molecule has 0 atom stereocenters. The van der Waals surface area contributed by atoms with Crippen molar-refractivity contribution in [2.75, 3.05) is 20.2 Å². The Labute approximate surface area is 143 Å². The van der Waals surface area contributed by atoms with Gasteiger partial charge in [0.15, 0.2) is 11.5 Å². The van der Waals surface area contributed by atoms with Gasteiger partial charge in [-0.3, -0.25) is 14.9 Å². The van der Waals surface area contributed by atoms with Gasteiger partial charge < -0.3 is 14.4 Å². The summed E-state index contributed by atoms with van der Waals surface area (Å²) in [5, 5.41) is 11.1. The minimum absolute atomic E-state index is 0.266. The van der Waals surface area contributed by atoms with Crippen molar-refractivity contribution in [3.8, 4) is 11.5 Å². The number of nitro groups is 1. The van der Waals surface area contributed by atoms with Gasteiger partial charge in [0, 0.05) is 12.6 Å². The molecule has 0 unspecified atom stereocenters. The number of benzene rings is 1. The van der Waals surface area contributed by atoms with Crippen molar-refractivity contribution in [2.24, 2.45) is 0 Å². The van der Waals surface area contributed by atoms with E-state index in [-0.39, 0.29) is 4.90 Å². The van der Waals surface area contributed by atoms with Gasteiger partial charge in [-0.15, -0.1) is 6.58 Å². The van der Waals surface area contributed by atoms with Crippen molar-refractivity contribution in [1.29, 1.82) is 0 Å². The normalized spacial score (nSPS) is 11.2. The monoisotopic (exact) mass is 384 g/mol.